The first-order valence-corrected chi connectivity index (χ1v) is 8.79. The van der Waals surface area contributed by atoms with E-state index in [1.165, 1.54) is 0 Å². The minimum Gasteiger partial charge on any atom is -0.461 e. The molecule has 7 heteroatoms. The molecule has 0 saturated carbocycles. The van der Waals surface area contributed by atoms with Gasteiger partial charge in [0, 0.05) is 25.4 Å². The largest absolute Gasteiger partial charge is 0.461 e. The van der Waals surface area contributed by atoms with Crippen LogP contribution < -0.4 is 15.0 Å². The zero-order chi connectivity index (χ0) is 15.8. The lowest BCUT2D eigenvalue weighted by atomic mass is 10.2. The number of hydrogen-bond acceptors (Lipinski definition) is 7. The van der Waals surface area contributed by atoms with Crippen molar-refractivity contribution in [3.8, 4) is 6.01 Å². The summed E-state index contributed by atoms with van der Waals surface area (Å²) < 4.78 is 5.63. The Balaban J connectivity index is 3.05. The Kier molecular flexibility index (Phi) is 7.56. The van der Waals surface area contributed by atoms with E-state index < -0.39 is 0 Å². The van der Waals surface area contributed by atoms with Crippen molar-refractivity contribution in [2.75, 3.05) is 35.8 Å². The van der Waals surface area contributed by atoms with Crippen LogP contribution >= 0.6 is 11.8 Å². The lowest BCUT2D eigenvalue weighted by molar-refractivity contribution is 0.222. The molecule has 1 atom stereocenters. The van der Waals surface area contributed by atoms with Gasteiger partial charge in [-0.25, -0.2) is 0 Å². The van der Waals surface area contributed by atoms with E-state index in [1.807, 2.05) is 39.6 Å². The topological polar surface area (TPSA) is 63.2 Å². The summed E-state index contributed by atoms with van der Waals surface area (Å²) in [6, 6.07) is 0.764. The van der Waals surface area contributed by atoms with Gasteiger partial charge in [-0.3, -0.25) is 0 Å². The van der Waals surface area contributed by atoms with Gasteiger partial charge in [0.1, 0.15) is 0 Å². The van der Waals surface area contributed by atoms with E-state index in [4.69, 9.17) is 4.74 Å². The summed E-state index contributed by atoms with van der Waals surface area (Å²) in [6.07, 6.45) is 3.19. The third-order valence-corrected chi connectivity index (χ3v) is 3.69. The van der Waals surface area contributed by atoms with E-state index >= 15 is 0 Å². The second-order valence-electron chi connectivity index (χ2n) is 5.07. The fraction of sp³-hybridized carbons (Fsp3) is 0.786. The molecule has 120 valence electrons. The molecule has 1 aromatic heterocycles. The van der Waals surface area contributed by atoms with Gasteiger partial charge in [-0.05, 0) is 33.4 Å². The van der Waals surface area contributed by atoms with Crippen molar-refractivity contribution in [2.45, 2.75) is 46.3 Å². The highest BCUT2D eigenvalue weighted by Gasteiger charge is 2.18. The molecule has 0 aliphatic carbocycles. The smallest absolute Gasteiger partial charge is 0.323 e. The first-order valence-electron chi connectivity index (χ1n) is 7.40. The van der Waals surface area contributed by atoms with Gasteiger partial charge >= 0.3 is 6.01 Å². The van der Waals surface area contributed by atoms with Gasteiger partial charge in [0.2, 0.25) is 11.9 Å². The molecule has 0 fully saturated rings. The van der Waals surface area contributed by atoms with Crippen molar-refractivity contribution >= 4 is 23.7 Å². The fourth-order valence-corrected chi connectivity index (χ4v) is 2.71. The predicted octanol–water partition coefficient (Wildman–Crippen LogP) is 2.67. The van der Waals surface area contributed by atoms with Crippen molar-refractivity contribution in [1.29, 1.82) is 0 Å². The number of aromatic nitrogens is 3. The zero-order valence-corrected chi connectivity index (χ0v) is 14.7. The van der Waals surface area contributed by atoms with Crippen LogP contribution in [0.3, 0.4) is 0 Å². The number of hydrogen-bond donors (Lipinski definition) is 1. The van der Waals surface area contributed by atoms with Gasteiger partial charge in [0.15, 0.2) is 0 Å². The Morgan fingerprint density at radius 3 is 2.48 bits per heavy atom. The summed E-state index contributed by atoms with van der Waals surface area (Å²) in [5.74, 6) is 2.25. The summed E-state index contributed by atoms with van der Waals surface area (Å²) in [7, 11) is 2.02. The molecule has 0 radical (unpaired) electrons. The van der Waals surface area contributed by atoms with Gasteiger partial charge in [0.25, 0.3) is 0 Å². The van der Waals surface area contributed by atoms with E-state index in [0.717, 1.165) is 18.7 Å². The van der Waals surface area contributed by atoms with E-state index in [2.05, 4.69) is 38.3 Å². The molecule has 0 spiro atoms. The lowest BCUT2D eigenvalue weighted by Gasteiger charge is -2.27. The first kappa shape index (κ1) is 17.8. The average molecular weight is 313 g/mol. The molecular weight excluding hydrogens is 286 g/mol. The second-order valence-corrected chi connectivity index (χ2v) is 5.98. The van der Waals surface area contributed by atoms with Crippen LogP contribution in [0.25, 0.3) is 0 Å². The van der Waals surface area contributed by atoms with Crippen molar-refractivity contribution in [2.24, 2.45) is 0 Å². The van der Waals surface area contributed by atoms with Crippen LogP contribution in [-0.2, 0) is 0 Å². The Labute approximate surface area is 132 Å². The third kappa shape index (κ3) is 5.57. The monoisotopic (exact) mass is 313 g/mol. The molecule has 1 unspecified atom stereocenters. The SMILES string of the molecule is CCNc1nc(OC(C)C)nc(N(C)C(CC)CSC)n1. The summed E-state index contributed by atoms with van der Waals surface area (Å²) in [5, 5.41) is 3.13. The van der Waals surface area contributed by atoms with Crippen LogP contribution in [0.15, 0.2) is 0 Å². The number of ether oxygens (including phenoxy) is 1. The van der Waals surface area contributed by atoms with E-state index in [1.54, 1.807) is 0 Å². The fourth-order valence-electron chi connectivity index (χ4n) is 1.86. The van der Waals surface area contributed by atoms with E-state index in [-0.39, 0.29) is 6.10 Å². The maximum Gasteiger partial charge on any atom is 0.323 e. The van der Waals surface area contributed by atoms with Gasteiger partial charge in [-0.1, -0.05) is 6.92 Å². The molecule has 1 N–H and O–H groups in total. The molecule has 1 aromatic rings. The van der Waals surface area contributed by atoms with Crippen LogP contribution in [0.1, 0.15) is 34.1 Å². The maximum absolute atomic E-state index is 5.63. The molecule has 0 amide bonds. The normalized spacial score (nSPS) is 12.3. The number of anilines is 2. The molecule has 0 aliphatic rings. The van der Waals surface area contributed by atoms with Crippen molar-refractivity contribution in [1.82, 2.24) is 15.0 Å². The molecule has 21 heavy (non-hydrogen) atoms. The second kappa shape index (κ2) is 8.92. The minimum absolute atomic E-state index is 0.0354. The molecule has 0 aliphatic heterocycles. The standard InChI is InChI=1S/C14H27N5OS/c1-7-11(9-21-6)19(5)13-16-12(15-8-2)17-14(18-13)20-10(3)4/h10-11H,7-9H2,1-6H3,(H,15,16,17,18). The Morgan fingerprint density at radius 2 is 1.95 bits per heavy atom. The van der Waals surface area contributed by atoms with Crippen LogP contribution in [0.4, 0.5) is 11.9 Å². The molecular formula is C14H27N5OS. The summed E-state index contributed by atoms with van der Waals surface area (Å²) in [6.45, 7) is 8.87. The predicted molar refractivity (Wildman–Crippen MR) is 90.6 cm³/mol. The highest BCUT2D eigenvalue weighted by molar-refractivity contribution is 7.98. The van der Waals surface area contributed by atoms with Gasteiger partial charge in [0.05, 0.1) is 6.10 Å². The highest BCUT2D eigenvalue weighted by atomic mass is 32.2. The van der Waals surface area contributed by atoms with Crippen molar-refractivity contribution in [3.05, 3.63) is 0 Å². The average Bonchev–Trinajstić information content (AvgIpc) is 2.43. The Morgan fingerprint density at radius 1 is 1.24 bits per heavy atom. The minimum atomic E-state index is 0.0354. The van der Waals surface area contributed by atoms with Crippen molar-refractivity contribution in [3.63, 3.8) is 0 Å². The van der Waals surface area contributed by atoms with Crippen molar-refractivity contribution < 1.29 is 4.74 Å². The number of thioether (sulfide) groups is 1. The molecule has 6 nitrogen and oxygen atoms in total. The van der Waals surface area contributed by atoms with Gasteiger partial charge in [-0.15, -0.1) is 0 Å². The molecule has 0 bridgehead atoms. The number of nitrogens with one attached hydrogen (secondary N) is 1. The Bertz CT molecular complexity index is 430. The third-order valence-electron chi connectivity index (χ3n) is 2.97. The van der Waals surface area contributed by atoms with Crippen LogP contribution in [0, 0.1) is 0 Å². The van der Waals surface area contributed by atoms with Crippen LogP contribution in [0.5, 0.6) is 6.01 Å². The molecule has 1 heterocycles. The highest BCUT2D eigenvalue weighted by Crippen LogP contribution is 2.19. The quantitative estimate of drug-likeness (QED) is 0.752. The summed E-state index contributed by atoms with van der Waals surface area (Å²) in [5.41, 5.74) is 0. The van der Waals surface area contributed by atoms with E-state index in [9.17, 15) is 0 Å². The molecule has 0 saturated heterocycles. The van der Waals surface area contributed by atoms with Crippen LogP contribution in [-0.4, -0.2) is 52.7 Å². The molecule has 0 aromatic carbocycles. The lowest BCUT2D eigenvalue weighted by Crippen LogP contribution is -2.34. The van der Waals surface area contributed by atoms with Gasteiger partial charge < -0.3 is 15.0 Å². The zero-order valence-electron chi connectivity index (χ0n) is 13.9. The van der Waals surface area contributed by atoms with Gasteiger partial charge in [-0.2, -0.15) is 26.7 Å². The Hall–Kier alpha value is -1.24. The summed E-state index contributed by atoms with van der Waals surface area (Å²) in [4.78, 5) is 15.3. The maximum atomic E-state index is 5.63. The van der Waals surface area contributed by atoms with E-state index in [0.29, 0.717) is 23.9 Å². The van der Waals surface area contributed by atoms with Crippen LogP contribution in [0.2, 0.25) is 0 Å². The summed E-state index contributed by atoms with van der Waals surface area (Å²) >= 11 is 1.83. The number of rotatable bonds is 9. The first-order chi connectivity index (χ1) is 10.0. The number of nitrogens with zero attached hydrogens (tertiary/aromatic N) is 4. The molecule has 1 rings (SSSR count).